The monoisotopic (exact) mass is 435 g/mol. The van der Waals surface area contributed by atoms with Crippen LogP contribution in [0.15, 0.2) is 34.4 Å². The Kier molecular flexibility index (Phi) is 6.12. The molecular weight excluding hydrogens is 406 g/mol. The molecule has 9 heteroatoms. The Morgan fingerprint density at radius 3 is 2.23 bits per heavy atom. The summed E-state index contributed by atoms with van der Waals surface area (Å²) in [4.78, 5) is 15.2. The zero-order valence-electron chi connectivity index (χ0n) is 18.2. The van der Waals surface area contributed by atoms with E-state index in [2.05, 4.69) is 11.3 Å². The number of nitrogens with zero attached hydrogens (tertiary/aromatic N) is 3. The second-order valence-corrected chi connectivity index (χ2v) is 9.63. The van der Waals surface area contributed by atoms with Crippen LogP contribution in [0.5, 0.6) is 11.5 Å². The molecule has 164 valence electrons. The Balaban J connectivity index is 2.04. The number of likely N-dealkylation sites (N-methyl/N-ethyl adjacent to an activating group) is 1. The first kappa shape index (κ1) is 22.1. The van der Waals surface area contributed by atoms with E-state index in [0.717, 1.165) is 17.1 Å². The van der Waals surface area contributed by atoms with Crippen LogP contribution >= 0.6 is 0 Å². The van der Waals surface area contributed by atoms with Gasteiger partial charge in [0.25, 0.3) is 5.91 Å². The number of amides is 1. The maximum absolute atomic E-state index is 13.4. The van der Waals surface area contributed by atoms with E-state index in [-0.39, 0.29) is 29.4 Å². The Morgan fingerprint density at radius 1 is 1.07 bits per heavy atom. The van der Waals surface area contributed by atoms with Gasteiger partial charge in [0.1, 0.15) is 5.70 Å². The number of hydrogen-bond donors (Lipinski definition) is 0. The quantitative estimate of drug-likeness (QED) is 0.725. The first-order valence-corrected chi connectivity index (χ1v) is 11.3. The number of rotatable bonds is 4. The van der Waals surface area contributed by atoms with Crippen molar-refractivity contribution < 1.29 is 22.7 Å². The highest BCUT2D eigenvalue weighted by atomic mass is 32.2. The Bertz CT molecular complexity index is 990. The van der Waals surface area contributed by atoms with Crippen LogP contribution in [0.1, 0.15) is 39.2 Å². The lowest BCUT2D eigenvalue weighted by atomic mass is 9.88. The summed E-state index contributed by atoms with van der Waals surface area (Å²) >= 11 is 0. The number of carbonyl (C=O) groups excluding carboxylic acids is 1. The van der Waals surface area contributed by atoms with Crippen LogP contribution in [0, 0.1) is 5.92 Å². The smallest absolute Gasteiger partial charge is 0.345 e. The summed E-state index contributed by atoms with van der Waals surface area (Å²) in [7, 11) is 0.339. The molecule has 1 fully saturated rings. The lowest BCUT2D eigenvalue weighted by molar-refractivity contribution is -0.134. The van der Waals surface area contributed by atoms with E-state index in [1.54, 1.807) is 23.1 Å². The molecule has 0 aromatic heterocycles. The molecule has 0 aliphatic carbocycles. The van der Waals surface area contributed by atoms with Gasteiger partial charge < -0.3 is 14.4 Å². The van der Waals surface area contributed by atoms with Crippen LogP contribution < -0.4 is 9.47 Å². The molecule has 0 N–H and O–H groups in total. The van der Waals surface area contributed by atoms with E-state index in [0.29, 0.717) is 23.0 Å². The van der Waals surface area contributed by atoms with E-state index in [9.17, 15) is 13.2 Å². The Morgan fingerprint density at radius 2 is 1.67 bits per heavy atom. The van der Waals surface area contributed by atoms with Crippen molar-refractivity contribution >= 4 is 21.8 Å². The topological polar surface area (TPSA) is 88.5 Å². The molecular formula is C21H29N3O5S. The fourth-order valence-corrected chi connectivity index (χ4v) is 5.25. The predicted octanol–water partition coefficient (Wildman–Crippen LogP) is 2.60. The second kappa shape index (κ2) is 8.29. The number of likely N-dealkylation sites (tertiary alicyclic amines) is 1. The average molecular weight is 436 g/mol. The van der Waals surface area contributed by atoms with Gasteiger partial charge in [-0.15, -0.1) is 4.40 Å². The standard InChI is InChI=1S/C21H29N3O5S/c1-13-9-14(2)24(15(3)10-13)21(25)18-12-17(22-30(26,27)23(18)4)16-7-8-19(28-5)20(11-16)29-6/h7-8,11-15H,9-10H2,1-6H3/t14-,15-/m1/s1. The fourth-order valence-electron chi connectivity index (χ4n) is 4.34. The van der Waals surface area contributed by atoms with Gasteiger partial charge in [-0.3, -0.25) is 4.79 Å². The maximum Gasteiger partial charge on any atom is 0.345 e. The second-order valence-electron chi connectivity index (χ2n) is 8.01. The zero-order chi connectivity index (χ0) is 22.2. The first-order chi connectivity index (χ1) is 14.1. The number of methoxy groups -OCH3 is 2. The van der Waals surface area contributed by atoms with Gasteiger partial charge in [0, 0.05) is 24.7 Å². The molecule has 0 unspecified atom stereocenters. The lowest BCUT2D eigenvalue weighted by Crippen LogP contribution is -2.52. The van der Waals surface area contributed by atoms with Crippen molar-refractivity contribution in [2.45, 2.75) is 45.7 Å². The summed E-state index contributed by atoms with van der Waals surface area (Å²) in [5, 5.41) is 0. The van der Waals surface area contributed by atoms with Crippen molar-refractivity contribution in [1.29, 1.82) is 0 Å². The van der Waals surface area contributed by atoms with Gasteiger partial charge in [0.15, 0.2) is 11.5 Å². The van der Waals surface area contributed by atoms with Crippen molar-refractivity contribution in [3.05, 3.63) is 35.5 Å². The molecule has 1 aromatic carbocycles. The van der Waals surface area contributed by atoms with Crippen molar-refractivity contribution in [3.8, 4) is 11.5 Å². The minimum absolute atomic E-state index is 0.0247. The van der Waals surface area contributed by atoms with Crippen LogP contribution in [-0.4, -0.2) is 62.6 Å². The molecule has 3 rings (SSSR count). The van der Waals surface area contributed by atoms with Crippen LogP contribution in [0.3, 0.4) is 0 Å². The van der Waals surface area contributed by atoms with Crippen molar-refractivity contribution in [2.24, 2.45) is 10.3 Å². The molecule has 0 spiro atoms. The highest BCUT2D eigenvalue weighted by Gasteiger charge is 2.38. The van der Waals surface area contributed by atoms with Gasteiger partial charge in [-0.25, -0.2) is 4.31 Å². The van der Waals surface area contributed by atoms with Crippen LogP contribution in [-0.2, 0) is 15.0 Å². The van der Waals surface area contributed by atoms with E-state index in [1.165, 1.54) is 27.3 Å². The number of benzene rings is 1. The molecule has 2 atom stereocenters. The fraction of sp³-hybridized carbons (Fsp3) is 0.524. The summed E-state index contributed by atoms with van der Waals surface area (Å²) in [6, 6.07) is 5.05. The van der Waals surface area contributed by atoms with Gasteiger partial charge >= 0.3 is 10.2 Å². The molecule has 0 saturated carbocycles. The summed E-state index contributed by atoms with van der Waals surface area (Å²) < 4.78 is 40.9. The summed E-state index contributed by atoms with van der Waals surface area (Å²) in [6.07, 6.45) is 3.30. The molecule has 2 aliphatic heterocycles. The number of hydrogen-bond acceptors (Lipinski definition) is 5. The van der Waals surface area contributed by atoms with Gasteiger partial charge in [0.05, 0.1) is 19.9 Å². The van der Waals surface area contributed by atoms with Crippen molar-refractivity contribution in [1.82, 2.24) is 9.21 Å². The van der Waals surface area contributed by atoms with Crippen LogP contribution in [0.2, 0.25) is 0 Å². The summed E-state index contributed by atoms with van der Waals surface area (Å²) in [5.74, 6) is 1.18. The molecule has 1 saturated heterocycles. The van der Waals surface area contributed by atoms with Crippen LogP contribution in [0.4, 0.5) is 0 Å². The molecule has 30 heavy (non-hydrogen) atoms. The Labute approximate surface area is 178 Å². The minimum atomic E-state index is -4.04. The molecule has 2 aliphatic rings. The van der Waals surface area contributed by atoms with E-state index < -0.39 is 10.2 Å². The highest BCUT2D eigenvalue weighted by Crippen LogP contribution is 2.32. The van der Waals surface area contributed by atoms with Gasteiger partial charge in [-0.2, -0.15) is 8.42 Å². The predicted molar refractivity (Wildman–Crippen MR) is 115 cm³/mol. The molecule has 1 amide bonds. The van der Waals surface area contributed by atoms with E-state index in [4.69, 9.17) is 9.47 Å². The summed E-state index contributed by atoms with van der Waals surface area (Å²) in [5.41, 5.74) is 0.786. The minimum Gasteiger partial charge on any atom is -0.493 e. The van der Waals surface area contributed by atoms with Crippen LogP contribution in [0.25, 0.3) is 0 Å². The molecule has 0 bridgehead atoms. The summed E-state index contributed by atoms with van der Waals surface area (Å²) in [6.45, 7) is 6.18. The van der Waals surface area contributed by atoms with Gasteiger partial charge in [0.2, 0.25) is 0 Å². The highest BCUT2D eigenvalue weighted by molar-refractivity contribution is 7.88. The number of allylic oxidation sites excluding steroid dienone is 1. The number of carbonyl (C=O) groups is 1. The normalized spacial score (nSPS) is 26.0. The Hall–Kier alpha value is -2.55. The number of ether oxygens (including phenoxy) is 2. The molecule has 2 heterocycles. The number of piperidine rings is 1. The third-order valence-corrected chi connectivity index (χ3v) is 7.06. The van der Waals surface area contributed by atoms with Crippen molar-refractivity contribution in [3.63, 3.8) is 0 Å². The molecule has 8 nitrogen and oxygen atoms in total. The third-order valence-electron chi connectivity index (χ3n) is 5.74. The van der Waals surface area contributed by atoms with Gasteiger partial charge in [-0.1, -0.05) is 6.92 Å². The average Bonchev–Trinajstić information content (AvgIpc) is 2.68. The zero-order valence-corrected chi connectivity index (χ0v) is 19.1. The largest absolute Gasteiger partial charge is 0.493 e. The maximum atomic E-state index is 13.4. The lowest BCUT2D eigenvalue weighted by Gasteiger charge is -2.43. The molecule has 1 aromatic rings. The van der Waals surface area contributed by atoms with Gasteiger partial charge in [-0.05, 0) is 56.9 Å². The van der Waals surface area contributed by atoms with E-state index >= 15 is 0 Å². The van der Waals surface area contributed by atoms with E-state index in [1.807, 2.05) is 13.8 Å². The first-order valence-electron chi connectivity index (χ1n) is 9.94. The SMILES string of the molecule is COc1ccc(C2=NS(=O)(=O)N(C)C(C(=O)N3[C@H](C)CC(C)C[C@H]3C)=C2)cc1OC. The molecule has 0 radical (unpaired) electrons. The van der Waals surface area contributed by atoms with Crippen molar-refractivity contribution in [2.75, 3.05) is 21.3 Å². The third kappa shape index (κ3) is 4.03.